The lowest BCUT2D eigenvalue weighted by atomic mass is 9.98. The summed E-state index contributed by atoms with van der Waals surface area (Å²) >= 11 is 0. The summed E-state index contributed by atoms with van der Waals surface area (Å²) in [6.07, 6.45) is 2.65. The van der Waals surface area contributed by atoms with Crippen LogP contribution in [0.4, 0.5) is 0 Å². The number of hydrogen-bond donors (Lipinski definition) is 3. The van der Waals surface area contributed by atoms with Crippen LogP contribution in [0.2, 0.25) is 0 Å². The maximum atomic E-state index is 8.38. The second kappa shape index (κ2) is 8.53. The molecule has 0 saturated carbocycles. The van der Waals surface area contributed by atoms with Gasteiger partial charge in [0.1, 0.15) is 5.84 Å². The van der Waals surface area contributed by atoms with E-state index in [1.165, 1.54) is 5.56 Å². The van der Waals surface area contributed by atoms with Gasteiger partial charge in [0.2, 0.25) is 0 Å². The van der Waals surface area contributed by atoms with Crippen LogP contribution in [0.1, 0.15) is 37.7 Å². The predicted octanol–water partition coefficient (Wildman–Crippen LogP) is 2.30. The molecule has 100 valence electrons. The fourth-order valence-corrected chi connectivity index (χ4v) is 1.84. The van der Waals surface area contributed by atoms with Crippen LogP contribution in [0.3, 0.4) is 0 Å². The van der Waals surface area contributed by atoms with Crippen LogP contribution in [0.15, 0.2) is 35.5 Å². The van der Waals surface area contributed by atoms with Gasteiger partial charge >= 0.3 is 0 Å². The molecule has 0 aliphatic heterocycles. The molecule has 0 aliphatic rings. The SMILES string of the molecule is CC(CCNCCC/C(N)=N/O)c1ccccc1. The minimum atomic E-state index is 0.300. The van der Waals surface area contributed by atoms with Crippen molar-refractivity contribution in [2.45, 2.75) is 32.1 Å². The van der Waals surface area contributed by atoms with Crippen LogP contribution in [0.25, 0.3) is 0 Å². The Morgan fingerprint density at radius 3 is 2.72 bits per heavy atom. The van der Waals surface area contributed by atoms with Gasteiger partial charge in [-0.05, 0) is 37.4 Å². The molecule has 1 atom stereocenters. The van der Waals surface area contributed by atoms with Gasteiger partial charge in [0, 0.05) is 6.42 Å². The van der Waals surface area contributed by atoms with Crippen LogP contribution in [-0.4, -0.2) is 24.1 Å². The molecule has 0 fully saturated rings. The summed E-state index contributed by atoms with van der Waals surface area (Å²) in [5, 5.41) is 14.7. The summed E-state index contributed by atoms with van der Waals surface area (Å²) in [6.45, 7) is 4.14. The molecular weight excluding hydrogens is 226 g/mol. The third kappa shape index (κ3) is 5.68. The summed E-state index contributed by atoms with van der Waals surface area (Å²) in [5.41, 5.74) is 6.77. The van der Waals surface area contributed by atoms with Gasteiger partial charge in [0.05, 0.1) is 0 Å². The highest BCUT2D eigenvalue weighted by Crippen LogP contribution is 2.17. The van der Waals surface area contributed by atoms with Gasteiger partial charge in [-0.15, -0.1) is 0 Å². The highest BCUT2D eigenvalue weighted by Gasteiger charge is 2.03. The highest BCUT2D eigenvalue weighted by molar-refractivity contribution is 5.79. The van der Waals surface area contributed by atoms with Gasteiger partial charge < -0.3 is 16.3 Å². The fraction of sp³-hybridized carbons (Fsp3) is 0.500. The van der Waals surface area contributed by atoms with Crippen molar-refractivity contribution in [1.82, 2.24) is 5.32 Å². The van der Waals surface area contributed by atoms with Crippen molar-refractivity contribution in [3.8, 4) is 0 Å². The molecule has 1 rings (SSSR count). The Bertz CT molecular complexity index is 351. The first kappa shape index (κ1) is 14.5. The average molecular weight is 249 g/mol. The molecule has 0 radical (unpaired) electrons. The Morgan fingerprint density at radius 2 is 2.06 bits per heavy atom. The number of oxime groups is 1. The second-order valence-electron chi connectivity index (χ2n) is 4.55. The summed E-state index contributed by atoms with van der Waals surface area (Å²) in [6, 6.07) is 10.5. The molecule has 0 bridgehead atoms. The topological polar surface area (TPSA) is 70.6 Å². The lowest BCUT2D eigenvalue weighted by molar-refractivity contribution is 0.316. The smallest absolute Gasteiger partial charge is 0.139 e. The monoisotopic (exact) mass is 249 g/mol. The Balaban J connectivity index is 2.08. The standard InChI is InChI=1S/C14H23N3O/c1-12(13-6-3-2-4-7-13)9-11-16-10-5-8-14(15)17-18/h2-4,6-7,12,16,18H,5,8-11H2,1H3,(H2,15,17). The average Bonchev–Trinajstić information content (AvgIpc) is 2.43. The minimum Gasteiger partial charge on any atom is -0.409 e. The first-order valence-electron chi connectivity index (χ1n) is 6.46. The van der Waals surface area contributed by atoms with Crippen molar-refractivity contribution in [1.29, 1.82) is 0 Å². The van der Waals surface area contributed by atoms with Crippen LogP contribution in [0, 0.1) is 0 Å². The van der Waals surface area contributed by atoms with E-state index in [1.54, 1.807) is 0 Å². The van der Waals surface area contributed by atoms with Crippen LogP contribution < -0.4 is 11.1 Å². The number of nitrogens with one attached hydrogen (secondary N) is 1. The van der Waals surface area contributed by atoms with Gasteiger partial charge in [-0.1, -0.05) is 42.4 Å². The normalized spacial score (nSPS) is 13.5. The molecule has 0 aromatic heterocycles. The molecule has 0 amide bonds. The number of hydrogen-bond acceptors (Lipinski definition) is 3. The molecule has 4 N–H and O–H groups in total. The van der Waals surface area contributed by atoms with E-state index in [4.69, 9.17) is 10.9 Å². The zero-order chi connectivity index (χ0) is 13.2. The van der Waals surface area contributed by atoms with Gasteiger partial charge in [-0.25, -0.2) is 0 Å². The highest BCUT2D eigenvalue weighted by atomic mass is 16.4. The van der Waals surface area contributed by atoms with E-state index in [0.717, 1.165) is 25.9 Å². The lowest BCUT2D eigenvalue weighted by Crippen LogP contribution is -2.20. The Morgan fingerprint density at radius 1 is 1.33 bits per heavy atom. The van der Waals surface area contributed by atoms with Crippen LogP contribution in [-0.2, 0) is 0 Å². The van der Waals surface area contributed by atoms with Crippen molar-refractivity contribution >= 4 is 5.84 Å². The quantitative estimate of drug-likeness (QED) is 0.218. The third-order valence-corrected chi connectivity index (χ3v) is 3.04. The Labute approximate surface area is 109 Å². The zero-order valence-corrected chi connectivity index (χ0v) is 11.0. The maximum Gasteiger partial charge on any atom is 0.139 e. The number of benzene rings is 1. The van der Waals surface area contributed by atoms with E-state index in [1.807, 2.05) is 6.07 Å². The van der Waals surface area contributed by atoms with E-state index in [9.17, 15) is 0 Å². The Hall–Kier alpha value is -1.55. The minimum absolute atomic E-state index is 0.300. The van der Waals surface area contributed by atoms with E-state index >= 15 is 0 Å². The van der Waals surface area contributed by atoms with Crippen molar-refractivity contribution in [3.05, 3.63) is 35.9 Å². The van der Waals surface area contributed by atoms with Gasteiger partial charge in [-0.3, -0.25) is 0 Å². The van der Waals surface area contributed by atoms with E-state index in [0.29, 0.717) is 18.2 Å². The van der Waals surface area contributed by atoms with Gasteiger partial charge in [0.25, 0.3) is 0 Å². The van der Waals surface area contributed by atoms with Crippen molar-refractivity contribution < 1.29 is 5.21 Å². The summed E-state index contributed by atoms with van der Waals surface area (Å²) in [4.78, 5) is 0. The van der Waals surface area contributed by atoms with Crippen LogP contribution >= 0.6 is 0 Å². The predicted molar refractivity (Wildman–Crippen MR) is 75.0 cm³/mol. The molecule has 0 heterocycles. The second-order valence-corrected chi connectivity index (χ2v) is 4.55. The molecule has 0 saturated heterocycles. The van der Waals surface area contributed by atoms with Gasteiger partial charge in [-0.2, -0.15) is 0 Å². The van der Waals surface area contributed by atoms with Crippen molar-refractivity contribution in [2.24, 2.45) is 10.9 Å². The summed E-state index contributed by atoms with van der Waals surface area (Å²) in [7, 11) is 0. The molecule has 0 aliphatic carbocycles. The molecule has 4 heteroatoms. The number of rotatable bonds is 8. The largest absolute Gasteiger partial charge is 0.409 e. The number of nitrogens with two attached hydrogens (primary N) is 1. The van der Waals surface area contributed by atoms with E-state index in [-0.39, 0.29) is 0 Å². The Kier molecular flexibility index (Phi) is 6.87. The first-order chi connectivity index (χ1) is 8.74. The lowest BCUT2D eigenvalue weighted by Gasteiger charge is -2.12. The molecule has 1 unspecified atom stereocenters. The number of amidine groups is 1. The first-order valence-corrected chi connectivity index (χ1v) is 6.46. The van der Waals surface area contributed by atoms with Crippen molar-refractivity contribution in [3.63, 3.8) is 0 Å². The van der Waals surface area contributed by atoms with Crippen molar-refractivity contribution in [2.75, 3.05) is 13.1 Å². The summed E-state index contributed by atoms with van der Waals surface area (Å²) < 4.78 is 0. The third-order valence-electron chi connectivity index (χ3n) is 3.04. The van der Waals surface area contributed by atoms with E-state index in [2.05, 4.69) is 41.7 Å². The van der Waals surface area contributed by atoms with Crippen LogP contribution in [0.5, 0.6) is 0 Å². The fourth-order valence-electron chi connectivity index (χ4n) is 1.84. The number of nitrogens with zero attached hydrogens (tertiary/aromatic N) is 1. The molecule has 0 spiro atoms. The van der Waals surface area contributed by atoms with E-state index < -0.39 is 0 Å². The molecule has 1 aromatic rings. The maximum absolute atomic E-state index is 8.38. The zero-order valence-electron chi connectivity index (χ0n) is 11.0. The molecule has 4 nitrogen and oxygen atoms in total. The molecule has 18 heavy (non-hydrogen) atoms. The van der Waals surface area contributed by atoms with Gasteiger partial charge in [0.15, 0.2) is 0 Å². The summed E-state index contributed by atoms with van der Waals surface area (Å²) in [5.74, 6) is 0.872. The molecule has 1 aromatic carbocycles. The molecular formula is C14H23N3O.